The molecule has 1 aromatic heterocycles. The van der Waals surface area contributed by atoms with Crippen LogP contribution in [0.5, 0.6) is 0 Å². The first kappa shape index (κ1) is 15.1. The van der Waals surface area contributed by atoms with Crippen LogP contribution < -0.4 is 22.3 Å². The molecule has 2 rings (SSSR count). The zero-order valence-corrected chi connectivity index (χ0v) is 11.9. The molecule has 2 N–H and O–H groups in total. The van der Waals surface area contributed by atoms with Gasteiger partial charge in [-0.3, -0.25) is 4.79 Å². The van der Waals surface area contributed by atoms with Gasteiger partial charge in [-0.25, -0.2) is 0 Å². The number of nitrogens with one attached hydrogen (secondary N) is 1. The average molecular weight is 320 g/mol. The highest BCUT2D eigenvalue weighted by molar-refractivity contribution is 5.90. The average Bonchev–Trinajstić information content (AvgIpc) is 2.87. The number of hydrogen-bond donors (Lipinski definition) is 2. The first-order valence-corrected chi connectivity index (χ1v) is 5.79. The highest BCUT2D eigenvalue weighted by Gasteiger charge is 2.39. The number of carbonyl (C=O) groups excluding carboxylic acids is 1. The van der Waals surface area contributed by atoms with E-state index in [0.717, 1.165) is 19.4 Å². The fraction of sp³-hybridized carbons (Fsp3) is 0.636. The molecule has 18 heavy (non-hydrogen) atoms. The molecule has 0 saturated carbocycles. The van der Waals surface area contributed by atoms with Gasteiger partial charge in [0.05, 0.1) is 20.2 Å². The van der Waals surface area contributed by atoms with Crippen molar-refractivity contribution < 1.29 is 35.9 Å². The number of aliphatic hydroxyl groups is 1. The van der Waals surface area contributed by atoms with Crippen molar-refractivity contribution in [3.8, 4) is 0 Å². The lowest BCUT2D eigenvalue weighted by atomic mass is 10.2. The van der Waals surface area contributed by atoms with E-state index in [1.165, 1.54) is 6.26 Å². The van der Waals surface area contributed by atoms with Gasteiger partial charge in [-0.2, -0.15) is 0 Å². The van der Waals surface area contributed by atoms with Crippen LogP contribution in [0.1, 0.15) is 12.8 Å². The smallest absolute Gasteiger partial charge is 0.280 e. The number of likely N-dealkylation sites (tertiary alicyclic amines) is 1. The normalized spacial score (nSPS) is 26.7. The van der Waals surface area contributed by atoms with Gasteiger partial charge < -0.3 is 36.4 Å². The highest BCUT2D eigenvalue weighted by atomic mass is 79.9. The molecule has 1 aliphatic heterocycles. The minimum atomic E-state index is -0.0956. The van der Waals surface area contributed by atoms with Crippen LogP contribution in [0.25, 0.3) is 0 Å². The van der Waals surface area contributed by atoms with Gasteiger partial charge in [-0.05, 0) is 0 Å². The van der Waals surface area contributed by atoms with Gasteiger partial charge in [0.15, 0.2) is 12.4 Å². The number of nitrogens with zero attached hydrogens (tertiary/aromatic N) is 2. The van der Waals surface area contributed by atoms with Gasteiger partial charge in [0.25, 0.3) is 5.91 Å². The molecule has 1 amide bonds. The van der Waals surface area contributed by atoms with E-state index in [1.807, 2.05) is 7.05 Å². The Bertz CT molecular complexity index is 385. The summed E-state index contributed by atoms with van der Waals surface area (Å²) in [4.78, 5) is 11.8. The van der Waals surface area contributed by atoms with Gasteiger partial charge in [0, 0.05) is 18.9 Å². The van der Waals surface area contributed by atoms with E-state index in [1.54, 1.807) is 6.07 Å². The van der Waals surface area contributed by atoms with E-state index in [0.29, 0.717) is 16.8 Å². The highest BCUT2D eigenvalue weighted by Crippen LogP contribution is 2.24. The Morgan fingerprint density at radius 2 is 2.50 bits per heavy atom. The van der Waals surface area contributed by atoms with Crippen molar-refractivity contribution in [1.82, 2.24) is 5.16 Å². The van der Waals surface area contributed by atoms with E-state index in [4.69, 9.17) is 0 Å². The lowest BCUT2D eigenvalue weighted by Gasteiger charge is -2.34. The number of aliphatic hydroxyl groups excluding tert-OH is 1. The Morgan fingerprint density at radius 1 is 1.72 bits per heavy atom. The van der Waals surface area contributed by atoms with Crippen LogP contribution in [0.2, 0.25) is 0 Å². The van der Waals surface area contributed by atoms with E-state index in [-0.39, 0.29) is 35.5 Å². The van der Waals surface area contributed by atoms with E-state index in [2.05, 4.69) is 15.0 Å². The third kappa shape index (κ3) is 3.30. The van der Waals surface area contributed by atoms with Crippen LogP contribution in [0.3, 0.4) is 0 Å². The maximum atomic E-state index is 11.8. The largest absolute Gasteiger partial charge is 1.00 e. The molecular weight excluding hydrogens is 302 g/mol. The zero-order chi connectivity index (χ0) is 12.3. The van der Waals surface area contributed by atoms with Crippen molar-refractivity contribution in [3.05, 3.63) is 12.3 Å². The second kappa shape index (κ2) is 6.31. The topological polar surface area (TPSA) is 75.4 Å². The molecular formula is C11H18BrN3O3. The Kier molecular flexibility index (Phi) is 5.30. The fourth-order valence-corrected chi connectivity index (χ4v) is 2.47. The number of likely N-dealkylation sites (N-methyl/N-ethyl adjacent to an activating group) is 1. The molecule has 6 nitrogen and oxygen atoms in total. The maximum absolute atomic E-state index is 11.8. The van der Waals surface area contributed by atoms with Crippen LogP contribution in [0.4, 0.5) is 5.82 Å². The van der Waals surface area contributed by atoms with Gasteiger partial charge in [0.2, 0.25) is 0 Å². The Labute approximate surface area is 116 Å². The van der Waals surface area contributed by atoms with Crippen LogP contribution in [-0.2, 0) is 4.79 Å². The summed E-state index contributed by atoms with van der Waals surface area (Å²) >= 11 is 0. The lowest BCUT2D eigenvalue weighted by molar-refractivity contribution is -0.913. The molecule has 0 aromatic carbocycles. The third-order valence-corrected chi connectivity index (χ3v) is 3.51. The summed E-state index contributed by atoms with van der Waals surface area (Å²) in [5.41, 5.74) is 0. The molecule has 1 unspecified atom stereocenters. The van der Waals surface area contributed by atoms with Gasteiger partial charge in [-0.15, -0.1) is 0 Å². The molecule has 1 fully saturated rings. The fourth-order valence-electron chi connectivity index (χ4n) is 2.47. The standard InChI is InChI=1S/C11H17N3O3.BrH/c1-14(5-2-3-9(14)8-15)7-11(16)12-10-4-6-17-13-10;/h4,6,9,15H,2-3,5,7-8H2,1H3;1H/t9-,14?;/m1./s1. The number of quaternary nitrogens is 1. The molecule has 102 valence electrons. The first-order valence-electron chi connectivity index (χ1n) is 5.79. The number of amides is 1. The molecule has 2 atom stereocenters. The second-order valence-corrected chi connectivity index (χ2v) is 4.77. The summed E-state index contributed by atoms with van der Waals surface area (Å²) in [5, 5.41) is 15.6. The van der Waals surface area contributed by atoms with Crippen molar-refractivity contribution in [2.24, 2.45) is 0 Å². The molecule has 0 aliphatic carbocycles. The second-order valence-electron chi connectivity index (χ2n) is 4.77. The monoisotopic (exact) mass is 319 g/mol. The van der Waals surface area contributed by atoms with Crippen LogP contribution in [-0.4, -0.2) is 53.4 Å². The lowest BCUT2D eigenvalue weighted by Crippen LogP contribution is -3.00. The van der Waals surface area contributed by atoms with Crippen LogP contribution in [0.15, 0.2) is 16.9 Å². The van der Waals surface area contributed by atoms with Crippen molar-refractivity contribution in [1.29, 1.82) is 0 Å². The molecule has 1 aromatic rings. The summed E-state index contributed by atoms with van der Waals surface area (Å²) < 4.78 is 5.24. The van der Waals surface area contributed by atoms with Gasteiger partial charge in [0.1, 0.15) is 12.3 Å². The molecule has 2 heterocycles. The third-order valence-electron chi connectivity index (χ3n) is 3.51. The molecule has 1 aliphatic rings. The Morgan fingerprint density at radius 3 is 3.11 bits per heavy atom. The number of hydrogen-bond acceptors (Lipinski definition) is 4. The first-order chi connectivity index (χ1) is 8.14. The molecule has 0 radical (unpaired) electrons. The number of halogens is 1. The molecule has 0 spiro atoms. The Hall–Kier alpha value is -0.920. The van der Waals surface area contributed by atoms with E-state index in [9.17, 15) is 9.90 Å². The SMILES string of the molecule is C[N+]1(CC(=O)Nc2ccon2)CCC[C@@H]1CO.[Br-]. The van der Waals surface area contributed by atoms with E-state index >= 15 is 0 Å². The quantitative estimate of drug-likeness (QED) is 0.589. The Balaban J connectivity index is 0.00000162. The maximum Gasteiger partial charge on any atom is 0.280 e. The molecule has 1 saturated heterocycles. The molecule has 0 bridgehead atoms. The number of aromatic nitrogens is 1. The number of rotatable bonds is 4. The predicted molar refractivity (Wildman–Crippen MR) is 61.2 cm³/mol. The minimum absolute atomic E-state index is 0. The van der Waals surface area contributed by atoms with Crippen molar-refractivity contribution in [2.75, 3.05) is 32.1 Å². The van der Waals surface area contributed by atoms with Crippen LogP contribution in [0, 0.1) is 0 Å². The minimum Gasteiger partial charge on any atom is -1.00 e. The van der Waals surface area contributed by atoms with Crippen molar-refractivity contribution >= 4 is 11.7 Å². The number of anilines is 1. The van der Waals surface area contributed by atoms with Crippen LogP contribution >= 0.6 is 0 Å². The van der Waals surface area contributed by atoms with E-state index < -0.39 is 0 Å². The summed E-state index contributed by atoms with van der Waals surface area (Å²) in [6.45, 7) is 1.42. The number of carbonyl (C=O) groups is 1. The molecule has 7 heteroatoms. The summed E-state index contributed by atoms with van der Waals surface area (Å²) in [7, 11) is 2.01. The van der Waals surface area contributed by atoms with Gasteiger partial charge >= 0.3 is 0 Å². The summed E-state index contributed by atoms with van der Waals surface area (Å²) in [5.74, 6) is 0.336. The van der Waals surface area contributed by atoms with Crippen molar-refractivity contribution in [3.63, 3.8) is 0 Å². The van der Waals surface area contributed by atoms with Gasteiger partial charge in [-0.1, -0.05) is 5.16 Å². The summed E-state index contributed by atoms with van der Waals surface area (Å²) in [6.07, 6.45) is 3.45. The zero-order valence-electron chi connectivity index (χ0n) is 10.3. The van der Waals surface area contributed by atoms with Crippen molar-refractivity contribution in [2.45, 2.75) is 18.9 Å². The predicted octanol–water partition coefficient (Wildman–Crippen LogP) is -2.78. The summed E-state index contributed by atoms with van der Waals surface area (Å²) in [6, 6.07) is 1.77.